The number of rotatable bonds is 3. The second kappa shape index (κ2) is 6.20. The van der Waals surface area contributed by atoms with E-state index in [0.717, 1.165) is 0 Å². The van der Waals surface area contributed by atoms with E-state index < -0.39 is 11.1 Å². The molecule has 0 aromatic heterocycles. The van der Waals surface area contributed by atoms with Gasteiger partial charge in [0.25, 0.3) is 0 Å². The summed E-state index contributed by atoms with van der Waals surface area (Å²) >= 11 is 11.8. The largest absolute Gasteiger partial charge is 0.462 e. The predicted octanol–water partition coefficient (Wildman–Crippen LogP) is 1.53. The molecule has 1 aliphatic rings. The Bertz CT molecular complexity index is 248. The average Bonchev–Trinajstić information content (AvgIpc) is 2.18. The average molecular weight is 254 g/mol. The quantitative estimate of drug-likeness (QED) is 0.435. The van der Waals surface area contributed by atoms with Crippen LogP contribution in [-0.2, 0) is 14.3 Å². The van der Waals surface area contributed by atoms with Crippen LogP contribution in [0, 0.1) is 0 Å². The van der Waals surface area contributed by atoms with Crippen molar-refractivity contribution < 1.29 is 14.3 Å². The third-order valence-corrected chi connectivity index (χ3v) is 2.81. The van der Waals surface area contributed by atoms with Crippen LogP contribution in [0.2, 0.25) is 0 Å². The third-order valence-electron chi connectivity index (χ3n) is 1.84. The van der Waals surface area contributed by atoms with E-state index in [1.807, 2.05) is 4.90 Å². The molecule has 0 aromatic rings. The summed E-state index contributed by atoms with van der Waals surface area (Å²) in [6.07, 6.45) is 3.48. The van der Waals surface area contributed by atoms with Crippen molar-refractivity contribution in [3.63, 3.8) is 0 Å². The highest BCUT2D eigenvalue weighted by atomic mass is 35.5. The molecule has 1 fully saturated rings. The van der Waals surface area contributed by atoms with Gasteiger partial charge in [-0.15, -0.1) is 0 Å². The number of halogens is 2. The van der Waals surface area contributed by atoms with Crippen molar-refractivity contribution in [3.8, 4) is 0 Å². The number of esters is 1. The van der Waals surface area contributed by atoms with Crippen LogP contribution < -0.4 is 0 Å². The van der Waals surface area contributed by atoms with E-state index in [1.165, 1.54) is 6.92 Å². The van der Waals surface area contributed by atoms with Crippen molar-refractivity contribution in [3.05, 3.63) is 12.3 Å². The normalized spacial score (nSPS) is 27.0. The Labute approximate surface area is 98.7 Å². The molecule has 0 N–H and O–H groups in total. The highest BCUT2D eigenvalue weighted by molar-refractivity contribution is 6.29. The van der Waals surface area contributed by atoms with Crippen LogP contribution in [0.4, 0.5) is 0 Å². The van der Waals surface area contributed by atoms with Crippen LogP contribution in [0.1, 0.15) is 6.92 Å². The fraction of sp³-hybridized carbons (Fsp3) is 0.667. The summed E-state index contributed by atoms with van der Waals surface area (Å²) in [7, 11) is 0. The van der Waals surface area contributed by atoms with E-state index in [-0.39, 0.29) is 12.6 Å². The van der Waals surface area contributed by atoms with Crippen LogP contribution in [-0.4, -0.2) is 41.7 Å². The van der Waals surface area contributed by atoms with Gasteiger partial charge in [0.15, 0.2) is 5.56 Å². The maximum atomic E-state index is 10.5. The zero-order chi connectivity index (χ0) is 11.3. The molecule has 15 heavy (non-hydrogen) atoms. The van der Waals surface area contributed by atoms with Crippen molar-refractivity contribution in [2.75, 3.05) is 19.8 Å². The van der Waals surface area contributed by atoms with Crippen LogP contribution in [0.25, 0.3) is 0 Å². The van der Waals surface area contributed by atoms with Gasteiger partial charge in [-0.25, -0.2) is 0 Å². The number of ether oxygens (including phenoxy) is 2. The molecule has 86 valence electrons. The molecule has 0 saturated carbocycles. The van der Waals surface area contributed by atoms with Gasteiger partial charge in [0.05, 0.1) is 6.61 Å². The SMILES string of the molecule is CC(=O)OCC=CN1CCOC(Cl)C1Cl. The van der Waals surface area contributed by atoms with E-state index >= 15 is 0 Å². The molecule has 0 aromatic carbocycles. The molecule has 0 aliphatic carbocycles. The molecule has 0 amide bonds. The molecule has 1 rings (SSSR count). The molecule has 6 heteroatoms. The number of hydrogen-bond acceptors (Lipinski definition) is 4. The zero-order valence-electron chi connectivity index (χ0n) is 8.36. The van der Waals surface area contributed by atoms with Gasteiger partial charge in [-0.2, -0.15) is 0 Å². The first-order chi connectivity index (χ1) is 7.11. The molecule has 1 aliphatic heterocycles. The second-order valence-electron chi connectivity index (χ2n) is 3.02. The zero-order valence-corrected chi connectivity index (χ0v) is 9.87. The lowest BCUT2D eigenvalue weighted by molar-refractivity contribution is -0.139. The first-order valence-electron chi connectivity index (χ1n) is 4.57. The number of alkyl halides is 2. The molecule has 0 spiro atoms. The van der Waals surface area contributed by atoms with Gasteiger partial charge in [-0.3, -0.25) is 4.79 Å². The number of carbonyl (C=O) groups excluding carboxylic acids is 1. The molecule has 4 nitrogen and oxygen atoms in total. The lowest BCUT2D eigenvalue weighted by Gasteiger charge is -2.33. The van der Waals surface area contributed by atoms with Gasteiger partial charge in [-0.1, -0.05) is 23.2 Å². The molecule has 1 heterocycles. The summed E-state index contributed by atoms with van der Waals surface area (Å²) < 4.78 is 9.87. The molecule has 0 radical (unpaired) electrons. The lowest BCUT2D eigenvalue weighted by Crippen LogP contribution is -2.42. The number of carbonyl (C=O) groups is 1. The molecule has 0 bridgehead atoms. The van der Waals surface area contributed by atoms with Crippen molar-refractivity contribution >= 4 is 29.2 Å². The summed E-state index contributed by atoms with van der Waals surface area (Å²) in [6.45, 7) is 2.81. The minimum absolute atomic E-state index is 0.239. The molecule has 2 unspecified atom stereocenters. The Kier molecular flexibility index (Phi) is 5.22. The Morgan fingerprint density at radius 1 is 1.67 bits per heavy atom. The van der Waals surface area contributed by atoms with Crippen molar-refractivity contribution in [2.24, 2.45) is 0 Å². The highest BCUT2D eigenvalue weighted by Gasteiger charge is 2.26. The number of nitrogens with zero attached hydrogens (tertiary/aromatic N) is 1. The molecular formula is C9H13Cl2NO3. The number of hydrogen-bond donors (Lipinski definition) is 0. The van der Waals surface area contributed by atoms with E-state index in [0.29, 0.717) is 13.2 Å². The van der Waals surface area contributed by atoms with Crippen LogP contribution in [0.3, 0.4) is 0 Å². The van der Waals surface area contributed by atoms with Crippen molar-refractivity contribution in [1.82, 2.24) is 4.90 Å². The summed E-state index contributed by atoms with van der Waals surface area (Å²) in [6, 6.07) is 0. The fourth-order valence-corrected chi connectivity index (χ4v) is 1.59. The molecule has 1 saturated heterocycles. The van der Waals surface area contributed by atoms with E-state index in [2.05, 4.69) is 0 Å². The topological polar surface area (TPSA) is 38.8 Å². The minimum Gasteiger partial charge on any atom is -0.462 e. The van der Waals surface area contributed by atoms with Gasteiger partial charge in [-0.05, 0) is 6.08 Å². The first-order valence-corrected chi connectivity index (χ1v) is 5.44. The van der Waals surface area contributed by atoms with Crippen molar-refractivity contribution in [1.29, 1.82) is 0 Å². The Hall–Kier alpha value is -0.450. The minimum atomic E-state index is -0.515. The van der Waals surface area contributed by atoms with Gasteiger partial charge in [0, 0.05) is 19.7 Å². The maximum absolute atomic E-state index is 10.5. The highest BCUT2D eigenvalue weighted by Crippen LogP contribution is 2.20. The van der Waals surface area contributed by atoms with Crippen LogP contribution >= 0.6 is 23.2 Å². The maximum Gasteiger partial charge on any atom is 0.302 e. The molecular weight excluding hydrogens is 241 g/mol. The second-order valence-corrected chi connectivity index (χ2v) is 3.90. The monoisotopic (exact) mass is 253 g/mol. The standard InChI is InChI=1S/C9H13Cl2NO3/c1-7(13)14-5-2-3-12-4-6-15-9(11)8(12)10/h2-3,8-9H,4-6H2,1H3. The summed E-state index contributed by atoms with van der Waals surface area (Å²) in [5.74, 6) is -0.306. The fourth-order valence-electron chi connectivity index (χ4n) is 1.12. The third kappa shape index (κ3) is 4.28. The lowest BCUT2D eigenvalue weighted by atomic mass is 10.4. The van der Waals surface area contributed by atoms with Crippen LogP contribution in [0.5, 0.6) is 0 Å². The summed E-state index contributed by atoms with van der Waals surface area (Å²) in [5, 5.41) is 0. The molecule has 2 atom stereocenters. The Morgan fingerprint density at radius 2 is 2.40 bits per heavy atom. The van der Waals surface area contributed by atoms with Gasteiger partial charge < -0.3 is 14.4 Å². The van der Waals surface area contributed by atoms with Gasteiger partial charge >= 0.3 is 5.97 Å². The van der Waals surface area contributed by atoms with E-state index in [4.69, 9.17) is 32.7 Å². The smallest absolute Gasteiger partial charge is 0.302 e. The predicted molar refractivity (Wildman–Crippen MR) is 57.7 cm³/mol. The van der Waals surface area contributed by atoms with E-state index in [9.17, 15) is 4.79 Å². The first kappa shape index (κ1) is 12.6. The Morgan fingerprint density at radius 3 is 3.07 bits per heavy atom. The van der Waals surface area contributed by atoms with Gasteiger partial charge in [0.1, 0.15) is 12.1 Å². The Balaban J connectivity index is 2.33. The van der Waals surface area contributed by atoms with Gasteiger partial charge in [0.2, 0.25) is 0 Å². The summed E-state index contributed by atoms with van der Waals surface area (Å²) in [4.78, 5) is 12.3. The van der Waals surface area contributed by atoms with Crippen LogP contribution in [0.15, 0.2) is 12.3 Å². The number of morpholine rings is 1. The van der Waals surface area contributed by atoms with Crippen molar-refractivity contribution in [2.45, 2.75) is 18.0 Å². The van der Waals surface area contributed by atoms with E-state index in [1.54, 1.807) is 12.3 Å². The summed E-state index contributed by atoms with van der Waals surface area (Å²) in [5.41, 5.74) is -0.909.